The van der Waals surface area contributed by atoms with Crippen LogP contribution in [0.2, 0.25) is 0 Å². The van der Waals surface area contributed by atoms with Crippen LogP contribution in [0.1, 0.15) is 53.7 Å². The summed E-state index contributed by atoms with van der Waals surface area (Å²) in [5.41, 5.74) is 19.5. The topological polar surface area (TPSA) is 255 Å². The van der Waals surface area contributed by atoms with Crippen LogP contribution in [-0.2, 0) is 25.5 Å². The van der Waals surface area contributed by atoms with Crippen LogP contribution >= 0.6 is 0 Å². The molecular weight excluding hydrogens is 660 g/mol. The van der Waals surface area contributed by atoms with Crippen LogP contribution in [-0.4, -0.2) is 89.6 Å². The van der Waals surface area contributed by atoms with Gasteiger partial charge >= 0.3 is 17.9 Å². The Morgan fingerprint density at radius 3 is 2.54 bits per heavy atom. The second-order valence-corrected chi connectivity index (χ2v) is 11.9. The molecule has 8 N–H and O–H groups in total. The third kappa shape index (κ3) is 7.81. The number of aliphatic carboxylic acids is 1. The van der Waals surface area contributed by atoms with E-state index in [0.717, 1.165) is 10.5 Å². The van der Waals surface area contributed by atoms with Crippen LogP contribution < -0.4 is 17.2 Å². The third-order valence-corrected chi connectivity index (χ3v) is 8.30. The molecule has 264 valence electrons. The number of anilines is 2. The van der Waals surface area contributed by atoms with E-state index in [-0.39, 0.29) is 47.0 Å². The van der Waals surface area contributed by atoms with Crippen molar-refractivity contribution in [3.05, 3.63) is 72.0 Å². The van der Waals surface area contributed by atoms with E-state index in [1.54, 1.807) is 30.5 Å². The maximum Gasteiger partial charge on any atom is 0.320 e. The lowest BCUT2D eigenvalue weighted by Gasteiger charge is -2.31. The average Bonchev–Trinajstić information content (AvgIpc) is 3.29. The maximum atomic E-state index is 14.8. The number of nitrogen functional groups attached to an aromatic ring is 2. The number of aliphatic imine (C=N–C) groups is 1. The van der Waals surface area contributed by atoms with E-state index in [1.807, 2.05) is 6.92 Å². The lowest BCUT2D eigenvalue weighted by atomic mass is 9.91. The number of hydrogen-bond acceptors (Lipinski definition) is 15. The molecule has 1 saturated heterocycles. The van der Waals surface area contributed by atoms with Gasteiger partial charge in [-0.15, -0.1) is 0 Å². The number of rotatable bonds is 13. The van der Waals surface area contributed by atoms with Crippen molar-refractivity contribution in [3.8, 4) is 0 Å². The number of aromatic nitrogens is 4. The zero-order valence-electron chi connectivity index (χ0n) is 26.8. The molecule has 3 unspecified atom stereocenters. The lowest BCUT2D eigenvalue weighted by Crippen LogP contribution is -2.47. The quantitative estimate of drug-likeness (QED) is 0.126. The molecule has 2 aliphatic rings. The van der Waals surface area contributed by atoms with E-state index in [9.17, 15) is 33.4 Å². The number of fused-ring (bicyclic) bond motifs is 1. The summed E-state index contributed by atoms with van der Waals surface area (Å²) in [6.07, 6.45) is -2.49. The molecule has 2 aromatic heterocycles. The number of ketones is 1. The number of ether oxygens (including phenoxy) is 2. The van der Waals surface area contributed by atoms with Crippen molar-refractivity contribution in [2.45, 2.75) is 62.9 Å². The number of carboxylic acids is 1. The van der Waals surface area contributed by atoms with E-state index in [2.05, 4.69) is 31.5 Å². The predicted molar refractivity (Wildman–Crippen MR) is 174 cm³/mol. The van der Waals surface area contributed by atoms with Gasteiger partial charge in [-0.2, -0.15) is 18.7 Å². The molecule has 16 nitrogen and oxygen atoms in total. The number of hydrogen-bond donors (Lipinski definition) is 5. The number of alkyl halides is 2. The Bertz CT molecular complexity index is 1870. The second-order valence-electron chi connectivity index (χ2n) is 11.9. The van der Waals surface area contributed by atoms with Crippen LogP contribution in [0.15, 0.2) is 60.1 Å². The largest absolute Gasteiger partial charge is 0.481 e. The molecule has 1 fully saturated rings. The van der Waals surface area contributed by atoms with Crippen molar-refractivity contribution in [2.75, 3.05) is 18.1 Å². The standard InChI is InChI=1S/C32H35F2N9O7/c1-15(11-20-13-38-28-25(40-20)27(36)41-31(37)42-28)17-3-5-18(6-4-17)21(44)12-19(29(47)48)7-8-24(45)49-14-22-26(46)32(33,34)30(50-22)43-10-9-23(35)39-16(43)2/h3-6,9-10,13,15,19,22,26,30,46H,2,7-8,11-12,14H2,1H3,(H2,35,39)(H,47,48)(H4,36,37,38,41,42)/t15?,19?,22-,26?,30-/m1/s1. The number of esters is 1. The first kappa shape index (κ1) is 35.7. The Morgan fingerprint density at radius 1 is 1.14 bits per heavy atom. The summed E-state index contributed by atoms with van der Waals surface area (Å²) in [6.45, 7) is 4.79. The van der Waals surface area contributed by atoms with Gasteiger partial charge in [0.2, 0.25) is 12.2 Å². The normalized spacial score (nSPS) is 21.1. The Balaban J connectivity index is 1.11. The summed E-state index contributed by atoms with van der Waals surface area (Å²) in [4.78, 5) is 58.7. The first-order chi connectivity index (χ1) is 23.6. The summed E-state index contributed by atoms with van der Waals surface area (Å²) in [6, 6.07) is 6.69. The highest BCUT2D eigenvalue weighted by Crippen LogP contribution is 2.40. The summed E-state index contributed by atoms with van der Waals surface area (Å²) < 4.78 is 40.0. The Labute approximate surface area is 283 Å². The van der Waals surface area contributed by atoms with Gasteiger partial charge in [0.15, 0.2) is 28.9 Å². The number of carbonyl (C=O) groups excluding carboxylic acids is 2. The van der Waals surface area contributed by atoms with E-state index in [1.165, 1.54) is 12.3 Å². The van der Waals surface area contributed by atoms with Crippen molar-refractivity contribution in [2.24, 2.45) is 16.6 Å². The Kier molecular flexibility index (Phi) is 10.3. The fourth-order valence-electron chi connectivity index (χ4n) is 5.51. The second kappa shape index (κ2) is 14.5. The number of aliphatic hydroxyl groups excluding tert-OH is 1. The van der Waals surface area contributed by atoms with Gasteiger partial charge in [0.05, 0.1) is 17.8 Å². The molecule has 0 bridgehead atoms. The van der Waals surface area contributed by atoms with Crippen molar-refractivity contribution >= 4 is 46.5 Å². The minimum absolute atomic E-state index is 0.00302. The Morgan fingerprint density at radius 2 is 1.86 bits per heavy atom. The molecule has 1 aromatic carbocycles. The molecule has 0 radical (unpaired) electrons. The van der Waals surface area contributed by atoms with Crippen LogP contribution in [0.4, 0.5) is 20.5 Å². The SMILES string of the molecule is C=C1N=C(N)C=CN1[C@@H]1O[C@H](COC(=O)CCC(CC(=O)c2ccc(C(C)Cc3cnc4nc(N)nc(N)c4n3)cc2)C(=O)O)C(O)C1(F)F. The zero-order chi connectivity index (χ0) is 36.3. The minimum Gasteiger partial charge on any atom is -0.481 e. The molecule has 0 amide bonds. The summed E-state index contributed by atoms with van der Waals surface area (Å²) in [7, 11) is 0. The summed E-state index contributed by atoms with van der Waals surface area (Å²) in [5.74, 6) is -7.69. The number of aliphatic hydroxyl groups is 1. The number of nitrogens with two attached hydrogens (primary N) is 3. The molecule has 0 aliphatic carbocycles. The van der Waals surface area contributed by atoms with Gasteiger partial charge in [0.25, 0.3) is 0 Å². The molecule has 5 atom stereocenters. The number of carbonyl (C=O) groups is 3. The van der Waals surface area contributed by atoms with Crippen molar-refractivity contribution < 1.29 is 42.9 Å². The van der Waals surface area contributed by atoms with E-state index < -0.39 is 67.4 Å². The molecule has 3 aromatic rings. The monoisotopic (exact) mass is 695 g/mol. The molecule has 4 heterocycles. The number of halogens is 2. The van der Waals surface area contributed by atoms with E-state index in [4.69, 9.17) is 26.7 Å². The van der Waals surface area contributed by atoms with Gasteiger partial charge in [0.1, 0.15) is 24.4 Å². The summed E-state index contributed by atoms with van der Waals surface area (Å²) in [5, 5.41) is 19.9. The van der Waals surface area contributed by atoms with Gasteiger partial charge in [-0.3, -0.25) is 14.4 Å². The smallest absolute Gasteiger partial charge is 0.320 e. The number of nitrogens with zero attached hydrogens (tertiary/aromatic N) is 6. The van der Waals surface area contributed by atoms with Crippen molar-refractivity contribution in [1.29, 1.82) is 0 Å². The first-order valence-corrected chi connectivity index (χ1v) is 15.4. The molecule has 0 spiro atoms. The van der Waals surface area contributed by atoms with Crippen LogP contribution in [0.3, 0.4) is 0 Å². The van der Waals surface area contributed by atoms with E-state index >= 15 is 0 Å². The summed E-state index contributed by atoms with van der Waals surface area (Å²) >= 11 is 0. The van der Waals surface area contributed by atoms with Crippen molar-refractivity contribution in [3.63, 3.8) is 0 Å². The highest BCUT2D eigenvalue weighted by Gasteiger charge is 2.61. The highest BCUT2D eigenvalue weighted by atomic mass is 19.3. The first-order valence-electron chi connectivity index (χ1n) is 15.4. The van der Waals surface area contributed by atoms with Crippen LogP contribution in [0.5, 0.6) is 0 Å². The number of benzene rings is 1. The highest BCUT2D eigenvalue weighted by molar-refractivity contribution is 5.98. The Hall–Kier alpha value is -5.62. The van der Waals surface area contributed by atoms with Crippen LogP contribution in [0.25, 0.3) is 11.2 Å². The molecule has 18 heteroatoms. The van der Waals surface area contributed by atoms with Gasteiger partial charge in [-0.05, 0) is 30.4 Å². The average molecular weight is 696 g/mol. The van der Waals surface area contributed by atoms with Crippen LogP contribution in [0, 0.1) is 5.92 Å². The molecule has 0 saturated carbocycles. The predicted octanol–water partition coefficient (Wildman–Crippen LogP) is 1.91. The van der Waals surface area contributed by atoms with Gasteiger partial charge in [0, 0.05) is 24.6 Å². The molecular formula is C32H35F2N9O7. The molecule has 50 heavy (non-hydrogen) atoms. The fraction of sp³-hybridized carbons (Fsp3) is 0.375. The number of amidine groups is 1. The van der Waals surface area contributed by atoms with E-state index in [0.29, 0.717) is 17.6 Å². The number of carboxylic acid groups (broad SMARTS) is 1. The molecule has 5 rings (SSSR count). The maximum absolute atomic E-state index is 14.8. The third-order valence-electron chi connectivity index (χ3n) is 8.30. The van der Waals surface area contributed by atoms with Crippen molar-refractivity contribution in [1.82, 2.24) is 24.8 Å². The van der Waals surface area contributed by atoms with Gasteiger partial charge in [-0.1, -0.05) is 37.8 Å². The van der Waals surface area contributed by atoms with Gasteiger partial charge < -0.3 is 41.8 Å². The molecule has 2 aliphatic heterocycles. The minimum atomic E-state index is -3.79. The van der Waals surface area contributed by atoms with Gasteiger partial charge in [-0.25, -0.2) is 15.0 Å². The lowest BCUT2D eigenvalue weighted by molar-refractivity contribution is -0.153. The number of Topliss-reactive ketones (excluding diaryl/α,β-unsaturated/α-hetero) is 1. The fourth-order valence-corrected chi connectivity index (χ4v) is 5.51. The zero-order valence-corrected chi connectivity index (χ0v) is 26.8.